The first-order valence-electron chi connectivity index (χ1n) is 38.7. The van der Waals surface area contributed by atoms with Crippen LogP contribution in [0.15, 0.2) is 0 Å². The van der Waals surface area contributed by atoms with Crippen LogP contribution in [0.3, 0.4) is 0 Å². The highest BCUT2D eigenvalue weighted by atomic mass is 32.3. The quantitative estimate of drug-likeness (QED) is 0.244. The predicted molar refractivity (Wildman–Crippen MR) is 385 cm³/mol. The fourth-order valence-corrected chi connectivity index (χ4v) is 44.6. The van der Waals surface area contributed by atoms with Gasteiger partial charge in [0.2, 0.25) is 0 Å². The first-order chi connectivity index (χ1) is 49.8. The molecule has 24 fully saturated rings. The van der Waals surface area contributed by atoms with E-state index in [2.05, 4.69) is 34.6 Å². The van der Waals surface area contributed by atoms with Gasteiger partial charge in [-0.25, -0.2) is 0 Å². The maximum atomic E-state index is 12.1. The van der Waals surface area contributed by atoms with Crippen LogP contribution in [0.25, 0.3) is 0 Å². The monoisotopic (exact) mass is 1700 g/mol. The van der Waals surface area contributed by atoms with Crippen molar-refractivity contribution in [3.8, 4) is 0 Å². The maximum Gasteiger partial charge on any atom is 0.302 e. The second-order valence-corrected chi connectivity index (χ2v) is 53.4. The molecular weight excluding hydrogens is 1590 g/mol. The van der Waals surface area contributed by atoms with Crippen molar-refractivity contribution < 1.29 is 130 Å². The summed E-state index contributed by atoms with van der Waals surface area (Å²) in [6, 6.07) is 0. The Labute approximate surface area is 642 Å². The third-order valence-corrected chi connectivity index (χ3v) is 46.9. The molecule has 0 spiro atoms. The van der Waals surface area contributed by atoms with Gasteiger partial charge in [0.15, 0.2) is 0 Å². The van der Waals surface area contributed by atoms with Crippen LogP contribution in [-0.2, 0) is 133 Å². The number of fused-ring (bicyclic) bond motifs is 8. The number of aliphatic hydroxyl groups is 2. The average molecular weight is 1700 g/mol. The molecule has 30 nitrogen and oxygen atoms in total. The van der Waals surface area contributed by atoms with Crippen molar-refractivity contribution in [2.24, 2.45) is 96.6 Å². The molecule has 16 aliphatic carbocycles. The number of carbonyl (C=O) groups is 2. The average Bonchev–Trinajstić information content (AvgIpc) is 1.51. The van der Waals surface area contributed by atoms with Crippen molar-refractivity contribution in [2.45, 2.75) is 301 Å². The molecule has 16 bridgehead atoms. The zero-order chi connectivity index (χ0) is 77.7. The molecule has 24 rings (SSSR count). The summed E-state index contributed by atoms with van der Waals surface area (Å²) in [4.78, 5) is 22.1. The first-order valence-corrected chi connectivity index (χ1v) is 50.5. The topological polar surface area (TPSA) is 440 Å². The van der Waals surface area contributed by atoms with Crippen LogP contribution in [0, 0.1) is 96.6 Å². The van der Waals surface area contributed by atoms with E-state index in [-0.39, 0.29) is 140 Å². The zero-order valence-corrected chi connectivity index (χ0v) is 68.6. The minimum atomic E-state index is -3.65. The maximum absolute atomic E-state index is 12.1. The standard InChI is InChI=1S/C13H18O7S.C9H14O5S.C9H14O3S.4C8H12O3S.C7H10O3S.CH4/c1-8(14)18-6-12-3-10-13(5-12,7-19-9(2)15)11(4-12)21(16,17)20-10;10-4-8-1-6-9(3-8,5-11)7(2-8)15(12,13)14-6;1-8-3-6-9(2,5-8)7(4-8)13(10,11)12-6;1-8-2-5-6(3-8)11-12(9,10)7(5)4-8;1-8-4-5-2-6(8)11-12(9,10)7(8)3-5;1-8-4-5-2-6(8)7(3-5)12(9,10)11-8;1-4-5-2-6-7(3-5)12(9,10)11-8(4)6;8-11(9)7-3-4-1-5(7)6(2-4)10-11;/h10-11H,3-7H2,1-2H3;6-7,10-11H,1-5H2;6-7H,3-5H2,1-2H3;3*5-7H,2-4H2,1H3;4-8H,2-3H2,1H3;4-7H,1-3H2;1H4. The van der Waals surface area contributed by atoms with Crippen LogP contribution in [0.5, 0.6) is 0 Å². The molecule has 33 atom stereocenters. The molecule has 33 unspecified atom stereocenters. The van der Waals surface area contributed by atoms with Gasteiger partial charge in [-0.05, 0) is 200 Å². The molecule has 0 amide bonds. The molecule has 109 heavy (non-hydrogen) atoms. The lowest BCUT2D eigenvalue weighted by molar-refractivity contribution is -0.146. The van der Waals surface area contributed by atoms with Crippen molar-refractivity contribution in [3.63, 3.8) is 0 Å². The number of hydrogen-bond donors (Lipinski definition) is 2. The Hall–Kier alpha value is -1.86. The van der Waals surface area contributed by atoms with Gasteiger partial charge in [-0.15, -0.1) is 0 Å². The number of esters is 2. The van der Waals surface area contributed by atoms with E-state index in [4.69, 9.17) is 42.9 Å². The molecule has 24 aliphatic rings. The Morgan fingerprint density at radius 2 is 0.954 bits per heavy atom. The molecule has 8 heterocycles. The number of rotatable bonds is 6. The third-order valence-electron chi connectivity index (χ3n) is 32.2. The highest BCUT2D eigenvalue weighted by Crippen LogP contribution is 2.72. The Morgan fingerprint density at radius 3 is 1.45 bits per heavy atom. The van der Waals surface area contributed by atoms with Gasteiger partial charge in [-0.1, -0.05) is 42.0 Å². The zero-order valence-electron chi connectivity index (χ0n) is 62.0. The summed E-state index contributed by atoms with van der Waals surface area (Å²) < 4.78 is 236. The lowest BCUT2D eigenvalue weighted by Gasteiger charge is -2.30. The summed E-state index contributed by atoms with van der Waals surface area (Å²) in [6.07, 6.45) is 18.4. The van der Waals surface area contributed by atoms with Crippen molar-refractivity contribution in [1.82, 2.24) is 0 Å². The lowest BCUT2D eigenvalue weighted by Crippen LogP contribution is -2.41. The summed E-state index contributed by atoms with van der Waals surface area (Å²) in [7, 11) is -26.2. The van der Waals surface area contributed by atoms with Crippen molar-refractivity contribution in [2.75, 3.05) is 26.4 Å². The Bertz CT molecular complexity index is 4720. The molecule has 620 valence electrons. The number of aliphatic hydroxyl groups excluding tert-OH is 2. The minimum absolute atomic E-state index is 0. The molecule has 2 N–H and O–H groups in total. The molecule has 0 aromatic rings. The van der Waals surface area contributed by atoms with E-state index < -0.39 is 120 Å². The smallest absolute Gasteiger partial charge is 0.302 e. The van der Waals surface area contributed by atoms with E-state index in [1.807, 2.05) is 6.92 Å². The molecule has 0 aromatic heterocycles. The van der Waals surface area contributed by atoms with E-state index in [0.717, 1.165) is 109 Å². The molecule has 0 aromatic carbocycles. The fraction of sp³-hybridized carbons (Fsp3) is 0.972. The van der Waals surface area contributed by atoms with Gasteiger partial charge in [-0.2, -0.15) is 67.3 Å². The second kappa shape index (κ2) is 25.3. The summed E-state index contributed by atoms with van der Waals surface area (Å²) in [5, 5.41) is 16.5. The van der Waals surface area contributed by atoms with Crippen LogP contribution in [0.1, 0.15) is 210 Å². The highest BCUT2D eigenvalue weighted by Gasteiger charge is 2.77. The van der Waals surface area contributed by atoms with Gasteiger partial charge in [0.1, 0.15) is 6.61 Å². The molecule has 8 saturated heterocycles. The summed E-state index contributed by atoms with van der Waals surface area (Å²) in [5.74, 6) is 3.42. The Morgan fingerprint density at radius 1 is 0.394 bits per heavy atom. The van der Waals surface area contributed by atoms with Gasteiger partial charge in [0.05, 0.1) is 109 Å². The summed E-state index contributed by atoms with van der Waals surface area (Å²) in [6.45, 7) is 15.3. The van der Waals surface area contributed by atoms with Crippen LogP contribution in [0.2, 0.25) is 0 Å². The molecule has 0 radical (unpaired) electrons. The summed E-state index contributed by atoms with van der Waals surface area (Å²) >= 11 is 0. The number of hydrogen-bond acceptors (Lipinski definition) is 30. The van der Waals surface area contributed by atoms with Crippen LogP contribution in [-0.4, -0.2) is 206 Å². The van der Waals surface area contributed by atoms with Gasteiger partial charge in [0, 0.05) is 65.8 Å². The van der Waals surface area contributed by atoms with Crippen molar-refractivity contribution in [3.05, 3.63) is 0 Å². The molecule has 16 saturated carbocycles. The Kier molecular flexibility index (Phi) is 18.8. The van der Waals surface area contributed by atoms with Gasteiger partial charge >= 0.3 is 11.9 Å². The normalized spacial score (nSPS) is 55.0. The van der Waals surface area contributed by atoms with E-state index in [1.165, 1.54) is 13.8 Å². The van der Waals surface area contributed by atoms with Crippen LogP contribution >= 0.6 is 0 Å². The molecule has 8 aliphatic heterocycles. The van der Waals surface area contributed by atoms with Gasteiger partial charge in [0.25, 0.3) is 80.9 Å². The second-order valence-electron chi connectivity index (χ2n) is 39.3. The first kappa shape index (κ1) is 80.9. The fourth-order valence-electron chi connectivity index (χ4n) is 27.8. The molecular formula is C71H108O30S8. The number of ether oxygens (including phenoxy) is 2. The summed E-state index contributed by atoms with van der Waals surface area (Å²) in [5.41, 5.74) is -1.99. The van der Waals surface area contributed by atoms with Gasteiger partial charge in [-0.3, -0.25) is 43.1 Å². The Balaban J connectivity index is 0.0000000954. The van der Waals surface area contributed by atoms with Crippen LogP contribution in [0.4, 0.5) is 0 Å². The number of carbonyl (C=O) groups excluding carboxylic acids is 2. The minimum Gasteiger partial charge on any atom is -0.465 e. The molecule has 38 heteroatoms. The highest BCUT2D eigenvalue weighted by molar-refractivity contribution is 7.89. The van der Waals surface area contributed by atoms with E-state index >= 15 is 0 Å². The SMILES string of the molecule is C.CC(=O)OCC12CC3OS(=O)(=O)C(C1)C3(COC(C)=O)C2.CC12CC3CC1C(C3)S(=O)(=O)O2.CC12CC3CC1OS(=O)(=O)C2C3.CC12CC3OS(=O)(=O)C(C1)C3(C)C2.CC12CC3OS(=O)(=O)C(C1)C3C2.CC1C2CC3C1OS(=O)(=O)C3C2.O=S1(=O)OC2CC3(CO)CC1C2(CO)C3.O=S1(=O)OC2CC3CC2C1C3. The van der Waals surface area contributed by atoms with Gasteiger partial charge < -0.3 is 19.7 Å². The van der Waals surface area contributed by atoms with E-state index in [9.17, 15) is 87.1 Å². The lowest BCUT2D eigenvalue weighted by atomic mass is 9.80. The third kappa shape index (κ3) is 12.4. The van der Waals surface area contributed by atoms with Crippen LogP contribution < -0.4 is 0 Å². The van der Waals surface area contributed by atoms with Crippen molar-refractivity contribution >= 4 is 92.9 Å². The van der Waals surface area contributed by atoms with E-state index in [0.29, 0.717) is 91.8 Å². The van der Waals surface area contributed by atoms with E-state index in [1.54, 1.807) is 0 Å². The largest absolute Gasteiger partial charge is 0.465 e. The van der Waals surface area contributed by atoms with Crippen molar-refractivity contribution in [1.29, 1.82) is 0 Å². The predicted octanol–water partition coefficient (Wildman–Crippen LogP) is 5.53.